The Kier molecular flexibility index (Phi) is 12.4. The number of hydrogen-bond donors (Lipinski definition) is 0. The van der Waals surface area contributed by atoms with Gasteiger partial charge in [-0.3, -0.25) is 0 Å². The van der Waals surface area contributed by atoms with Gasteiger partial charge >= 0.3 is 0 Å². The fourth-order valence-corrected chi connectivity index (χ4v) is 27.1. The maximum absolute atomic E-state index is 8.36. The molecule has 12 heterocycles. The summed E-state index contributed by atoms with van der Waals surface area (Å²) in [4.78, 5) is 9.98. The van der Waals surface area contributed by atoms with E-state index in [0.717, 1.165) is 291 Å². The summed E-state index contributed by atoms with van der Waals surface area (Å²) in [6.07, 6.45) is 0. The average Bonchev–Trinajstić information content (AvgIpc) is 1.19. The van der Waals surface area contributed by atoms with Crippen molar-refractivity contribution in [3.05, 3.63) is 350 Å². The lowest BCUT2D eigenvalue weighted by atomic mass is 9.32. The highest BCUT2D eigenvalue weighted by atomic mass is 16.5. The first-order valence-electron chi connectivity index (χ1n) is 46.5. The molecule has 0 bridgehead atoms. The Morgan fingerprint density at radius 2 is 0.537 bits per heavy atom. The summed E-state index contributed by atoms with van der Waals surface area (Å²) in [5.41, 5.74) is 35.6. The number of benzene rings is 20. The van der Waals surface area contributed by atoms with Gasteiger partial charge in [-0.25, -0.2) is 0 Å². The molecule has 0 spiro atoms. The standard InChI is InChI=1S/C118H66B4N4O8/c1-117(2)77-41-21-19-37-66(77)71-52-81-98-115(94(71)117)131-86-48-26-47-85-100(86)121(98)101-89(129-85)55-74-73(110(101)125(81)62-32-13-7-14-33-62)56-90-102-111(74)126(63-34-15-8-16-35-63)82-53-72-67-38-20-22-42-78(67)118(3,4)95(72)116-99(82)122(102)105-87(130-90)50-49-69(114(105)134-116)65-39-23-40-68-70(65)54-93-107-113(68)133-92-58-76-75(109-104(92)120(107)97-80(44-25-46-84(97)128-93)124(109)61-30-11-6-12-31-61)57-91-103-108(76)123(60-28-9-5-10-29-60)79-43-24-45-83-96(79)119(103)106-88(127-83)51-59-27-17-18-36-64(59)112(106)132-91/h5-58H,1-4H3. The number of rotatable bonds is 5. The van der Waals surface area contributed by atoms with Gasteiger partial charge < -0.3 is 57.5 Å². The smallest absolute Gasteiger partial charge is 0.266 e. The highest BCUT2D eigenvalue weighted by Crippen LogP contribution is 2.65. The summed E-state index contributed by atoms with van der Waals surface area (Å²) in [7, 11) is 0. The number of ether oxygens (including phenoxy) is 8. The second-order valence-corrected chi connectivity index (χ2v) is 39.2. The molecule has 16 heteroatoms. The second kappa shape index (κ2) is 23.7. The SMILES string of the molecule is CC1(C)c2ccccc2-c2cc3c4c(c21)Oc1cccc2c1B4c1c(cc4c5c6c(cc4c1N3c1ccccc1)Oc1ccc(-c3cccc4c7c8c(cc34)Oc3cccc4c3B8c3c(cc8c9c%10c(cc8c3N4c3ccccc3)Oc3c4c(cc8ccccc38)Oc3cccc(c3B4%10)N9c3ccccc3)O7)c3c1B6c1c(cc4c(c1O3)C(C)(C)c1ccccc1-4)N5c1ccccc1)O2. The summed E-state index contributed by atoms with van der Waals surface area (Å²) in [6, 6.07) is 120. The van der Waals surface area contributed by atoms with E-state index in [4.69, 9.17) is 37.9 Å². The first-order valence-corrected chi connectivity index (χ1v) is 46.5. The van der Waals surface area contributed by atoms with E-state index in [1.165, 1.54) is 33.4 Å². The molecule has 2 aliphatic carbocycles. The Bertz CT molecular complexity index is 9170. The predicted octanol–water partition coefficient (Wildman–Crippen LogP) is 22.6. The van der Waals surface area contributed by atoms with Crippen LogP contribution in [0.25, 0.3) is 76.5 Å². The number of nitrogens with zero attached hydrogens (tertiary/aromatic N) is 4. The molecule has 34 rings (SSSR count). The van der Waals surface area contributed by atoms with Crippen molar-refractivity contribution in [2.75, 3.05) is 19.6 Å². The number of anilines is 12. The van der Waals surface area contributed by atoms with Crippen LogP contribution < -0.4 is 123 Å². The minimum absolute atomic E-state index is 0.236. The van der Waals surface area contributed by atoms with Gasteiger partial charge in [0.05, 0.1) is 22.7 Å². The van der Waals surface area contributed by atoms with Crippen molar-refractivity contribution in [3.8, 4) is 125 Å². The zero-order valence-corrected chi connectivity index (χ0v) is 72.5. The molecule has 14 aliphatic rings. The topological polar surface area (TPSA) is 86.8 Å². The van der Waals surface area contributed by atoms with Crippen LogP contribution in [-0.2, 0) is 10.8 Å². The molecular formula is C118H66B4N4O8. The van der Waals surface area contributed by atoms with E-state index in [0.29, 0.717) is 0 Å². The molecule has 0 fully saturated rings. The third-order valence-electron chi connectivity index (χ3n) is 32.2. The van der Waals surface area contributed by atoms with Crippen molar-refractivity contribution in [1.82, 2.24) is 0 Å². The molecule has 12 aliphatic heterocycles. The summed E-state index contributed by atoms with van der Waals surface area (Å²) < 4.78 is 62.2. The van der Waals surface area contributed by atoms with Crippen molar-refractivity contribution in [2.45, 2.75) is 38.5 Å². The van der Waals surface area contributed by atoms with E-state index in [-0.39, 0.29) is 25.6 Å². The molecule has 0 unspecified atom stereocenters. The lowest BCUT2D eigenvalue weighted by molar-refractivity contribution is 0.454. The van der Waals surface area contributed by atoms with Gasteiger partial charge in [0.15, 0.2) is 0 Å². The van der Waals surface area contributed by atoms with Crippen LogP contribution in [0.4, 0.5) is 68.2 Å². The molecule has 0 N–H and O–H groups in total. The fourth-order valence-electron chi connectivity index (χ4n) is 27.1. The normalized spacial score (nSPS) is 15.6. The summed E-state index contributed by atoms with van der Waals surface area (Å²) >= 11 is 0. The highest BCUT2D eigenvalue weighted by molar-refractivity contribution is 7.04. The summed E-state index contributed by atoms with van der Waals surface area (Å²) in [5.74, 6) is 12.7. The Morgan fingerprint density at radius 3 is 1.04 bits per heavy atom. The van der Waals surface area contributed by atoms with Gasteiger partial charge in [-0.1, -0.05) is 210 Å². The molecule has 12 nitrogen and oxygen atoms in total. The Morgan fingerprint density at radius 1 is 0.194 bits per heavy atom. The van der Waals surface area contributed by atoms with E-state index >= 15 is 0 Å². The quantitative estimate of drug-likeness (QED) is 0.154. The van der Waals surface area contributed by atoms with Crippen LogP contribution in [-0.4, -0.2) is 26.9 Å². The maximum atomic E-state index is 8.36. The van der Waals surface area contributed by atoms with Gasteiger partial charge in [0.2, 0.25) is 0 Å². The van der Waals surface area contributed by atoms with E-state index in [9.17, 15) is 0 Å². The van der Waals surface area contributed by atoms with E-state index in [2.05, 4.69) is 375 Å². The first-order chi connectivity index (χ1) is 66.0. The van der Waals surface area contributed by atoms with Gasteiger partial charge in [0.1, 0.15) is 92.0 Å². The van der Waals surface area contributed by atoms with Crippen LogP contribution in [0, 0.1) is 0 Å². The zero-order valence-electron chi connectivity index (χ0n) is 72.5. The Labute approximate surface area is 769 Å². The molecule has 0 saturated heterocycles. The lowest BCUT2D eigenvalue weighted by Crippen LogP contribution is -2.62. The molecule has 20 aromatic carbocycles. The van der Waals surface area contributed by atoms with Crippen molar-refractivity contribution in [3.63, 3.8) is 0 Å². The average molecular weight is 1710 g/mol. The summed E-state index contributed by atoms with van der Waals surface area (Å²) in [5, 5.41) is 8.07. The van der Waals surface area contributed by atoms with Crippen molar-refractivity contribution in [1.29, 1.82) is 0 Å². The molecular weight excluding hydrogens is 1640 g/mol. The van der Waals surface area contributed by atoms with Crippen LogP contribution in [0.2, 0.25) is 0 Å². The fraction of sp³-hybridized carbons (Fsp3) is 0.0508. The number of fused-ring (bicyclic) bond motifs is 18. The minimum Gasteiger partial charge on any atom is -0.458 e. The third kappa shape index (κ3) is 8.17. The van der Waals surface area contributed by atoms with Crippen LogP contribution in [0.3, 0.4) is 0 Å². The second-order valence-electron chi connectivity index (χ2n) is 39.2. The minimum atomic E-state index is -0.506. The summed E-state index contributed by atoms with van der Waals surface area (Å²) in [6.45, 7) is 8.25. The van der Waals surface area contributed by atoms with Crippen LogP contribution in [0.15, 0.2) is 328 Å². The van der Waals surface area contributed by atoms with Crippen molar-refractivity contribution >= 4 is 204 Å². The van der Waals surface area contributed by atoms with Crippen LogP contribution in [0.5, 0.6) is 92.0 Å². The molecule has 618 valence electrons. The highest BCUT2D eigenvalue weighted by Gasteiger charge is 2.59. The van der Waals surface area contributed by atoms with Crippen LogP contribution in [0.1, 0.15) is 49.9 Å². The van der Waals surface area contributed by atoms with Crippen molar-refractivity contribution < 1.29 is 37.9 Å². The molecule has 0 amide bonds. The number of hydrogen-bond acceptors (Lipinski definition) is 12. The molecule has 0 saturated carbocycles. The van der Waals surface area contributed by atoms with Gasteiger partial charge in [0, 0.05) is 127 Å². The van der Waals surface area contributed by atoms with Gasteiger partial charge in [-0.05, 0) is 239 Å². The largest absolute Gasteiger partial charge is 0.458 e. The third-order valence-corrected chi connectivity index (χ3v) is 32.2. The van der Waals surface area contributed by atoms with Gasteiger partial charge in [0.25, 0.3) is 26.9 Å². The monoisotopic (exact) mass is 1710 g/mol. The van der Waals surface area contributed by atoms with E-state index < -0.39 is 12.1 Å². The zero-order chi connectivity index (χ0) is 86.9. The molecule has 20 aromatic rings. The molecule has 0 atom stereocenters. The molecule has 0 aromatic heterocycles. The van der Waals surface area contributed by atoms with Gasteiger partial charge in [-0.2, -0.15) is 0 Å². The molecule has 134 heavy (non-hydrogen) atoms. The Hall–Kier alpha value is -16.7. The predicted molar refractivity (Wildman–Crippen MR) is 541 cm³/mol. The van der Waals surface area contributed by atoms with E-state index in [1.54, 1.807) is 0 Å². The maximum Gasteiger partial charge on any atom is 0.266 e. The first kappa shape index (κ1) is 70.2. The van der Waals surface area contributed by atoms with E-state index in [1.807, 2.05) is 0 Å². The van der Waals surface area contributed by atoms with Gasteiger partial charge in [-0.15, -0.1) is 0 Å². The number of para-hydroxylation sites is 4. The lowest BCUT2D eigenvalue weighted by Gasteiger charge is -2.47. The van der Waals surface area contributed by atoms with Crippen LogP contribution >= 0.6 is 0 Å². The van der Waals surface area contributed by atoms with Crippen molar-refractivity contribution in [2.24, 2.45) is 0 Å². The molecule has 0 radical (unpaired) electrons. The Balaban J connectivity index is 0.623.